The third-order valence-electron chi connectivity index (χ3n) is 4.17. The quantitative estimate of drug-likeness (QED) is 0.817. The first-order valence-corrected chi connectivity index (χ1v) is 7.88. The molecule has 0 aromatic heterocycles. The second-order valence-electron chi connectivity index (χ2n) is 5.37. The highest BCUT2D eigenvalue weighted by Crippen LogP contribution is 2.38. The Morgan fingerprint density at radius 1 is 1.33 bits per heavy atom. The van der Waals surface area contributed by atoms with Crippen molar-refractivity contribution in [2.24, 2.45) is 17.8 Å². The van der Waals surface area contributed by atoms with Gasteiger partial charge in [0.1, 0.15) is 0 Å². The fourth-order valence-electron chi connectivity index (χ4n) is 3.00. The largest absolute Gasteiger partial charge is 0.481 e. The van der Waals surface area contributed by atoms with Crippen molar-refractivity contribution in [2.45, 2.75) is 38.6 Å². The van der Waals surface area contributed by atoms with E-state index in [1.54, 1.807) is 0 Å². The minimum Gasteiger partial charge on any atom is -0.481 e. The van der Waals surface area contributed by atoms with Crippen LogP contribution in [0.5, 0.6) is 0 Å². The van der Waals surface area contributed by atoms with Gasteiger partial charge in [0, 0.05) is 11.8 Å². The first-order valence-electron chi connectivity index (χ1n) is 6.72. The number of hydrogen-bond donors (Lipinski definition) is 2. The lowest BCUT2D eigenvalue weighted by atomic mass is 9.95. The molecule has 2 N–H and O–H groups in total. The van der Waals surface area contributed by atoms with Crippen LogP contribution in [0.2, 0.25) is 0 Å². The van der Waals surface area contributed by atoms with Gasteiger partial charge in [-0.25, -0.2) is 0 Å². The minimum atomic E-state index is -0.813. The molecule has 0 bridgehead atoms. The van der Waals surface area contributed by atoms with Crippen LogP contribution in [0.1, 0.15) is 32.6 Å². The summed E-state index contributed by atoms with van der Waals surface area (Å²) in [6.45, 7) is 2.07. The van der Waals surface area contributed by atoms with Crippen LogP contribution in [-0.2, 0) is 9.59 Å². The van der Waals surface area contributed by atoms with Crippen molar-refractivity contribution in [1.82, 2.24) is 5.32 Å². The number of thioether (sulfide) groups is 1. The lowest BCUT2D eigenvalue weighted by Gasteiger charge is -2.18. The first-order chi connectivity index (χ1) is 8.61. The minimum absolute atomic E-state index is 0.0362. The van der Waals surface area contributed by atoms with Crippen LogP contribution in [0.3, 0.4) is 0 Å². The molecule has 1 saturated carbocycles. The van der Waals surface area contributed by atoms with Crippen molar-refractivity contribution < 1.29 is 14.7 Å². The Hall–Kier alpha value is -0.710. The molecule has 1 heterocycles. The number of rotatable bonds is 4. The SMILES string of the molecule is CCC1CC(C(=O)O)C(C(=O)NC2CCSC2)C1. The number of carbonyl (C=O) groups is 2. The highest BCUT2D eigenvalue weighted by molar-refractivity contribution is 7.99. The van der Waals surface area contributed by atoms with E-state index < -0.39 is 11.9 Å². The maximum absolute atomic E-state index is 12.2. The smallest absolute Gasteiger partial charge is 0.307 e. The van der Waals surface area contributed by atoms with E-state index >= 15 is 0 Å². The molecule has 4 nitrogen and oxygen atoms in total. The highest BCUT2D eigenvalue weighted by Gasteiger charge is 2.42. The molecule has 18 heavy (non-hydrogen) atoms. The molecular weight excluding hydrogens is 250 g/mol. The molecule has 0 radical (unpaired) electrons. The third-order valence-corrected chi connectivity index (χ3v) is 5.33. The normalized spacial score (nSPS) is 35.6. The molecule has 2 rings (SSSR count). The monoisotopic (exact) mass is 271 g/mol. The molecule has 1 saturated heterocycles. The maximum Gasteiger partial charge on any atom is 0.307 e. The molecule has 2 fully saturated rings. The molecule has 4 atom stereocenters. The summed E-state index contributed by atoms with van der Waals surface area (Å²) >= 11 is 1.85. The second kappa shape index (κ2) is 5.95. The number of nitrogens with one attached hydrogen (secondary N) is 1. The van der Waals surface area contributed by atoms with Crippen LogP contribution in [0.4, 0.5) is 0 Å². The standard InChI is InChI=1S/C13H21NO3S/c1-2-8-5-10(11(6-8)13(16)17)12(15)14-9-3-4-18-7-9/h8-11H,2-7H2,1H3,(H,14,15)(H,16,17). The third kappa shape index (κ3) is 2.99. The second-order valence-corrected chi connectivity index (χ2v) is 6.52. The van der Waals surface area contributed by atoms with Gasteiger partial charge in [-0.3, -0.25) is 9.59 Å². The Kier molecular flexibility index (Phi) is 4.54. The average molecular weight is 271 g/mol. The summed E-state index contributed by atoms with van der Waals surface area (Å²) in [6.07, 6.45) is 3.37. The molecular formula is C13H21NO3S. The molecule has 4 unspecified atom stereocenters. The van der Waals surface area contributed by atoms with Gasteiger partial charge < -0.3 is 10.4 Å². The highest BCUT2D eigenvalue weighted by atomic mass is 32.2. The number of aliphatic carboxylic acids is 1. The molecule has 102 valence electrons. The van der Waals surface area contributed by atoms with Crippen molar-refractivity contribution in [3.8, 4) is 0 Å². The predicted molar refractivity (Wildman–Crippen MR) is 71.5 cm³/mol. The van der Waals surface area contributed by atoms with E-state index in [-0.39, 0.29) is 17.9 Å². The van der Waals surface area contributed by atoms with Gasteiger partial charge in [-0.2, -0.15) is 11.8 Å². The van der Waals surface area contributed by atoms with E-state index in [0.717, 1.165) is 30.8 Å². The topological polar surface area (TPSA) is 66.4 Å². The van der Waals surface area contributed by atoms with Crippen molar-refractivity contribution >= 4 is 23.6 Å². The van der Waals surface area contributed by atoms with Crippen LogP contribution >= 0.6 is 11.8 Å². The Morgan fingerprint density at radius 3 is 2.61 bits per heavy atom. The van der Waals surface area contributed by atoms with Gasteiger partial charge in [-0.1, -0.05) is 13.3 Å². The molecule has 0 aromatic carbocycles. The van der Waals surface area contributed by atoms with E-state index in [9.17, 15) is 14.7 Å². The Labute approximate surface area is 112 Å². The van der Waals surface area contributed by atoms with Crippen molar-refractivity contribution in [1.29, 1.82) is 0 Å². The maximum atomic E-state index is 12.2. The van der Waals surface area contributed by atoms with E-state index in [0.29, 0.717) is 12.3 Å². The zero-order valence-electron chi connectivity index (χ0n) is 10.7. The van der Waals surface area contributed by atoms with E-state index in [4.69, 9.17) is 0 Å². The summed E-state index contributed by atoms with van der Waals surface area (Å²) < 4.78 is 0. The lowest BCUT2D eigenvalue weighted by Crippen LogP contribution is -2.41. The van der Waals surface area contributed by atoms with Crippen LogP contribution in [0.15, 0.2) is 0 Å². The van der Waals surface area contributed by atoms with Crippen LogP contribution < -0.4 is 5.32 Å². The van der Waals surface area contributed by atoms with Crippen LogP contribution in [0.25, 0.3) is 0 Å². The van der Waals surface area contributed by atoms with Gasteiger partial charge in [0.25, 0.3) is 0 Å². The van der Waals surface area contributed by atoms with Gasteiger partial charge in [0.2, 0.25) is 5.91 Å². The lowest BCUT2D eigenvalue weighted by molar-refractivity contribution is -0.146. The van der Waals surface area contributed by atoms with Crippen molar-refractivity contribution in [3.63, 3.8) is 0 Å². The van der Waals surface area contributed by atoms with Crippen LogP contribution in [0, 0.1) is 17.8 Å². The molecule has 1 amide bonds. The molecule has 1 aliphatic carbocycles. The van der Waals surface area contributed by atoms with E-state index in [1.807, 2.05) is 11.8 Å². The van der Waals surface area contributed by atoms with Crippen molar-refractivity contribution in [2.75, 3.05) is 11.5 Å². The summed E-state index contributed by atoms with van der Waals surface area (Å²) in [5.74, 6) is 0.794. The number of carbonyl (C=O) groups excluding carboxylic acids is 1. The fraction of sp³-hybridized carbons (Fsp3) is 0.846. The molecule has 2 aliphatic rings. The number of carboxylic acids is 1. The summed E-state index contributed by atoms with van der Waals surface area (Å²) in [4.78, 5) is 23.4. The molecule has 1 aliphatic heterocycles. The molecule has 0 spiro atoms. The summed E-state index contributed by atoms with van der Waals surface area (Å²) in [7, 11) is 0. The Balaban J connectivity index is 1.96. The number of carboxylic acid groups (broad SMARTS) is 1. The van der Waals surface area contributed by atoms with Crippen LogP contribution in [-0.4, -0.2) is 34.5 Å². The van der Waals surface area contributed by atoms with Gasteiger partial charge in [0.15, 0.2) is 0 Å². The zero-order chi connectivity index (χ0) is 13.1. The fourth-order valence-corrected chi connectivity index (χ4v) is 4.15. The average Bonchev–Trinajstić information content (AvgIpc) is 2.96. The number of amides is 1. The summed E-state index contributed by atoms with van der Waals surface area (Å²) in [5.41, 5.74) is 0. The summed E-state index contributed by atoms with van der Waals surface area (Å²) in [5, 5.41) is 12.2. The molecule has 5 heteroatoms. The Bertz CT molecular complexity index is 328. The predicted octanol–water partition coefficient (Wildman–Crippen LogP) is 1.75. The van der Waals surface area contributed by atoms with Crippen molar-refractivity contribution in [3.05, 3.63) is 0 Å². The van der Waals surface area contributed by atoms with Gasteiger partial charge in [0.05, 0.1) is 11.8 Å². The number of hydrogen-bond acceptors (Lipinski definition) is 3. The van der Waals surface area contributed by atoms with Gasteiger partial charge in [-0.05, 0) is 30.9 Å². The van der Waals surface area contributed by atoms with E-state index in [1.165, 1.54) is 0 Å². The zero-order valence-corrected chi connectivity index (χ0v) is 11.5. The van der Waals surface area contributed by atoms with Gasteiger partial charge >= 0.3 is 5.97 Å². The van der Waals surface area contributed by atoms with Gasteiger partial charge in [-0.15, -0.1) is 0 Å². The molecule has 0 aromatic rings. The summed E-state index contributed by atoms with van der Waals surface area (Å²) in [6, 6.07) is 0.248. The first kappa shape index (κ1) is 13.7. The Morgan fingerprint density at radius 2 is 2.06 bits per heavy atom. The van der Waals surface area contributed by atoms with E-state index in [2.05, 4.69) is 12.2 Å².